The number of aromatic amines is 2. The highest BCUT2D eigenvalue weighted by atomic mass is 35.5. The van der Waals surface area contributed by atoms with Crippen molar-refractivity contribution in [2.75, 3.05) is 28.4 Å². The van der Waals surface area contributed by atoms with Gasteiger partial charge in [-0.15, -0.1) is 0 Å². The summed E-state index contributed by atoms with van der Waals surface area (Å²) in [5, 5.41) is 0.590. The number of aromatic nitrogens is 4. The standard InChI is InChI=1S/C28H25ClN4O4/c1-34-21-11-9-16(13-23(21)36-3)20-15-30-27(31-20)28-32-25(17-10-12-22(35-2)24(14-17)37-4)26(33-28)18-7-5-6-8-19(18)29/h5-15H,1-4H3,(H,30,31)(H,32,33). The summed E-state index contributed by atoms with van der Waals surface area (Å²) in [7, 11) is 6.42. The number of nitrogens with zero attached hydrogens (tertiary/aromatic N) is 2. The zero-order chi connectivity index (χ0) is 25.9. The number of H-pyrrole nitrogens is 2. The molecule has 0 radical (unpaired) electrons. The molecule has 0 unspecified atom stereocenters. The van der Waals surface area contributed by atoms with E-state index in [9.17, 15) is 0 Å². The van der Waals surface area contributed by atoms with E-state index in [0.717, 1.165) is 28.1 Å². The fourth-order valence-electron chi connectivity index (χ4n) is 4.13. The van der Waals surface area contributed by atoms with E-state index in [1.807, 2.05) is 60.7 Å². The van der Waals surface area contributed by atoms with Gasteiger partial charge in [0.1, 0.15) is 0 Å². The average Bonchev–Trinajstić information content (AvgIpc) is 3.60. The van der Waals surface area contributed by atoms with Gasteiger partial charge < -0.3 is 28.9 Å². The van der Waals surface area contributed by atoms with E-state index >= 15 is 0 Å². The van der Waals surface area contributed by atoms with Crippen LogP contribution in [0.5, 0.6) is 23.0 Å². The Balaban J connectivity index is 1.61. The van der Waals surface area contributed by atoms with Gasteiger partial charge in [0.25, 0.3) is 0 Å². The molecule has 5 rings (SSSR count). The molecule has 2 aromatic heterocycles. The van der Waals surface area contributed by atoms with Gasteiger partial charge in [-0.05, 0) is 42.5 Å². The molecule has 9 heteroatoms. The number of benzene rings is 3. The smallest absolute Gasteiger partial charge is 0.174 e. The molecule has 0 aliphatic rings. The molecule has 3 aromatic carbocycles. The van der Waals surface area contributed by atoms with Crippen LogP contribution < -0.4 is 18.9 Å². The van der Waals surface area contributed by atoms with Crippen molar-refractivity contribution in [3.63, 3.8) is 0 Å². The second-order valence-electron chi connectivity index (χ2n) is 8.07. The number of rotatable bonds is 8. The number of methoxy groups -OCH3 is 4. The van der Waals surface area contributed by atoms with Crippen molar-refractivity contribution in [1.82, 2.24) is 19.9 Å². The minimum absolute atomic E-state index is 0.562. The Bertz CT molecular complexity index is 1560. The van der Waals surface area contributed by atoms with Crippen LogP contribution >= 0.6 is 11.6 Å². The van der Waals surface area contributed by atoms with Gasteiger partial charge in [0, 0.05) is 16.7 Å². The maximum absolute atomic E-state index is 6.57. The van der Waals surface area contributed by atoms with E-state index in [4.69, 9.17) is 35.5 Å². The minimum Gasteiger partial charge on any atom is -0.493 e. The van der Waals surface area contributed by atoms with Crippen LogP contribution in [0, 0.1) is 0 Å². The molecule has 37 heavy (non-hydrogen) atoms. The van der Waals surface area contributed by atoms with Gasteiger partial charge in [-0.1, -0.05) is 29.8 Å². The molecule has 8 nitrogen and oxygen atoms in total. The predicted molar refractivity (Wildman–Crippen MR) is 144 cm³/mol. The lowest BCUT2D eigenvalue weighted by atomic mass is 10.0. The topological polar surface area (TPSA) is 94.3 Å². The SMILES string of the molecule is COc1ccc(-c2cnc(-c3nc(-c4ccccc4Cl)c(-c4ccc(OC)c(OC)c4)[nH]3)[nH]2)cc1OC. The zero-order valence-corrected chi connectivity index (χ0v) is 21.5. The predicted octanol–water partition coefficient (Wildman–Crippen LogP) is 6.49. The molecule has 0 amide bonds. The molecule has 5 aromatic rings. The number of nitrogens with one attached hydrogen (secondary N) is 2. The molecule has 188 valence electrons. The largest absolute Gasteiger partial charge is 0.493 e. The summed E-state index contributed by atoms with van der Waals surface area (Å²) in [6.45, 7) is 0. The number of hydrogen-bond donors (Lipinski definition) is 2. The molecular formula is C28H25ClN4O4. The highest BCUT2D eigenvalue weighted by Crippen LogP contribution is 2.39. The molecule has 0 saturated heterocycles. The third-order valence-corrected chi connectivity index (χ3v) is 6.33. The van der Waals surface area contributed by atoms with E-state index in [-0.39, 0.29) is 0 Å². The Labute approximate surface area is 219 Å². The molecule has 0 bridgehead atoms. The number of ether oxygens (including phenoxy) is 4. The number of hydrogen-bond acceptors (Lipinski definition) is 6. The Morgan fingerprint density at radius 2 is 1.30 bits per heavy atom. The summed E-state index contributed by atoms with van der Waals surface area (Å²) in [5.74, 6) is 3.66. The summed E-state index contributed by atoms with van der Waals surface area (Å²) >= 11 is 6.57. The van der Waals surface area contributed by atoms with Crippen LogP contribution in [0.25, 0.3) is 45.4 Å². The maximum atomic E-state index is 6.57. The van der Waals surface area contributed by atoms with E-state index in [2.05, 4.69) is 15.0 Å². The summed E-state index contributed by atoms with van der Waals surface area (Å²) in [6, 6.07) is 19.0. The lowest BCUT2D eigenvalue weighted by Crippen LogP contribution is -1.92. The Morgan fingerprint density at radius 3 is 1.95 bits per heavy atom. The number of imidazole rings is 2. The Morgan fingerprint density at radius 1 is 0.676 bits per heavy atom. The van der Waals surface area contributed by atoms with Crippen molar-refractivity contribution in [1.29, 1.82) is 0 Å². The Hall–Kier alpha value is -4.43. The summed E-state index contributed by atoms with van der Waals surface area (Å²) in [4.78, 5) is 16.3. The van der Waals surface area contributed by atoms with Gasteiger partial charge in [0.15, 0.2) is 34.6 Å². The fraction of sp³-hybridized carbons (Fsp3) is 0.143. The molecule has 0 saturated carbocycles. The van der Waals surface area contributed by atoms with Crippen LogP contribution in [0.1, 0.15) is 0 Å². The van der Waals surface area contributed by atoms with Gasteiger partial charge in [0.2, 0.25) is 0 Å². The van der Waals surface area contributed by atoms with E-state index in [1.54, 1.807) is 34.6 Å². The second-order valence-corrected chi connectivity index (χ2v) is 8.48. The summed E-state index contributed by atoms with van der Waals surface area (Å²) < 4.78 is 21.7. The van der Waals surface area contributed by atoms with Crippen LogP contribution in [-0.4, -0.2) is 48.4 Å². The van der Waals surface area contributed by atoms with Gasteiger partial charge in [-0.2, -0.15) is 0 Å². The highest BCUT2D eigenvalue weighted by molar-refractivity contribution is 6.33. The van der Waals surface area contributed by atoms with Crippen LogP contribution in [0.3, 0.4) is 0 Å². The molecule has 0 aliphatic carbocycles. The normalized spacial score (nSPS) is 10.8. The van der Waals surface area contributed by atoms with Crippen LogP contribution in [-0.2, 0) is 0 Å². The molecule has 2 N–H and O–H groups in total. The minimum atomic E-state index is 0.562. The van der Waals surface area contributed by atoms with E-state index in [0.29, 0.717) is 45.4 Å². The molecule has 0 fully saturated rings. The van der Waals surface area contributed by atoms with Crippen molar-refractivity contribution < 1.29 is 18.9 Å². The molecule has 2 heterocycles. The van der Waals surface area contributed by atoms with Crippen LogP contribution in [0.4, 0.5) is 0 Å². The summed E-state index contributed by atoms with van der Waals surface area (Å²) in [5.41, 5.74) is 4.82. The second kappa shape index (κ2) is 10.3. The van der Waals surface area contributed by atoms with E-state index in [1.165, 1.54) is 0 Å². The van der Waals surface area contributed by atoms with Crippen molar-refractivity contribution >= 4 is 11.6 Å². The molecular weight excluding hydrogens is 492 g/mol. The molecule has 0 atom stereocenters. The van der Waals surface area contributed by atoms with Crippen LogP contribution in [0.15, 0.2) is 66.9 Å². The van der Waals surface area contributed by atoms with Gasteiger partial charge in [-0.3, -0.25) is 0 Å². The average molecular weight is 517 g/mol. The monoisotopic (exact) mass is 516 g/mol. The van der Waals surface area contributed by atoms with Gasteiger partial charge in [-0.25, -0.2) is 9.97 Å². The fourth-order valence-corrected chi connectivity index (χ4v) is 4.35. The van der Waals surface area contributed by atoms with Gasteiger partial charge >= 0.3 is 0 Å². The third kappa shape index (κ3) is 4.59. The van der Waals surface area contributed by atoms with Crippen LogP contribution in [0.2, 0.25) is 5.02 Å². The van der Waals surface area contributed by atoms with Crippen molar-refractivity contribution in [2.24, 2.45) is 0 Å². The first kappa shape index (κ1) is 24.3. The first-order chi connectivity index (χ1) is 18.1. The molecule has 0 spiro atoms. The first-order valence-corrected chi connectivity index (χ1v) is 11.8. The third-order valence-electron chi connectivity index (χ3n) is 6.00. The lowest BCUT2D eigenvalue weighted by molar-refractivity contribution is 0.355. The van der Waals surface area contributed by atoms with Crippen molar-refractivity contribution in [3.05, 3.63) is 71.9 Å². The molecule has 0 aliphatic heterocycles. The highest BCUT2D eigenvalue weighted by Gasteiger charge is 2.20. The number of halogens is 1. The zero-order valence-electron chi connectivity index (χ0n) is 20.8. The quantitative estimate of drug-likeness (QED) is 0.245. The lowest BCUT2D eigenvalue weighted by Gasteiger charge is -2.10. The summed E-state index contributed by atoms with van der Waals surface area (Å²) in [6.07, 6.45) is 1.75. The van der Waals surface area contributed by atoms with Gasteiger partial charge in [0.05, 0.1) is 56.7 Å². The Kier molecular flexibility index (Phi) is 6.74. The van der Waals surface area contributed by atoms with Crippen molar-refractivity contribution in [3.8, 4) is 68.4 Å². The first-order valence-electron chi connectivity index (χ1n) is 11.4. The van der Waals surface area contributed by atoms with E-state index < -0.39 is 0 Å². The van der Waals surface area contributed by atoms with Crippen molar-refractivity contribution in [2.45, 2.75) is 0 Å². The maximum Gasteiger partial charge on any atom is 0.174 e.